The quantitative estimate of drug-likeness (QED) is 0.600. The smallest absolute Gasteiger partial charge is 0.461 e. The van der Waals surface area contributed by atoms with Gasteiger partial charge < -0.3 is 19.4 Å². The second-order valence-electron chi connectivity index (χ2n) is 7.23. The fourth-order valence-electron chi connectivity index (χ4n) is 3.47. The second-order valence-corrected chi connectivity index (χ2v) is 9.12. The highest BCUT2D eigenvalue weighted by atomic mass is 32.2. The zero-order valence-corrected chi connectivity index (χ0v) is 18.6. The predicted octanol–water partition coefficient (Wildman–Crippen LogP) is 2.89. The molecule has 1 atom stereocenters. The summed E-state index contributed by atoms with van der Waals surface area (Å²) in [6.07, 6.45) is -2.87. The number of nitrogens with zero attached hydrogens (tertiary/aromatic N) is 2. The van der Waals surface area contributed by atoms with Gasteiger partial charge in [0.2, 0.25) is 15.9 Å². The molecule has 13 heteroatoms. The maximum absolute atomic E-state index is 13.2. The van der Waals surface area contributed by atoms with Crippen LogP contribution in [0.5, 0.6) is 5.75 Å². The maximum Gasteiger partial charge on any atom is 0.573 e. The molecule has 180 valence electrons. The molecular weight excluding hydrogens is 467 g/mol. The van der Waals surface area contributed by atoms with Crippen LogP contribution in [0.3, 0.4) is 0 Å². The number of carbonyl (C=O) groups is 2. The van der Waals surface area contributed by atoms with E-state index in [9.17, 15) is 31.2 Å². The van der Waals surface area contributed by atoms with Crippen LogP contribution in [0, 0.1) is 0 Å². The zero-order chi connectivity index (χ0) is 24.4. The summed E-state index contributed by atoms with van der Waals surface area (Å²) in [5, 5.41) is 2.52. The number of esters is 1. The van der Waals surface area contributed by atoms with Gasteiger partial charge in [-0.1, -0.05) is 0 Å². The summed E-state index contributed by atoms with van der Waals surface area (Å²) >= 11 is 0. The molecule has 0 bridgehead atoms. The molecule has 2 aromatic rings. The van der Waals surface area contributed by atoms with Crippen molar-refractivity contribution in [2.75, 3.05) is 18.5 Å². The monoisotopic (exact) mass is 489 g/mol. The number of halogens is 3. The van der Waals surface area contributed by atoms with Gasteiger partial charge in [-0.15, -0.1) is 13.2 Å². The minimum absolute atomic E-state index is 0.0526. The number of ether oxygens (including phenoxy) is 2. The van der Waals surface area contributed by atoms with E-state index in [-0.39, 0.29) is 35.8 Å². The standard InChI is InChI=1S/C20H22F3N3O6S/c1-3-31-19(28)17-11-15(12-25(17)2)33(29,30)26-10-4-5-16(26)18(27)24-13-6-8-14(9-7-13)32-20(21,22)23/h6-9,11-12,16H,3-5,10H2,1-2H3,(H,24,27)/t16-/m0/s1. The Balaban J connectivity index is 1.75. The zero-order valence-electron chi connectivity index (χ0n) is 17.8. The number of hydrogen-bond donors (Lipinski definition) is 1. The second kappa shape index (κ2) is 9.43. The molecule has 0 unspecified atom stereocenters. The lowest BCUT2D eigenvalue weighted by molar-refractivity contribution is -0.274. The number of nitrogens with one attached hydrogen (secondary N) is 1. The van der Waals surface area contributed by atoms with E-state index >= 15 is 0 Å². The molecule has 1 aliphatic heterocycles. The van der Waals surface area contributed by atoms with E-state index in [0.29, 0.717) is 6.42 Å². The highest BCUT2D eigenvalue weighted by Gasteiger charge is 2.40. The molecule has 33 heavy (non-hydrogen) atoms. The van der Waals surface area contributed by atoms with Crippen LogP contribution in [-0.4, -0.2) is 54.7 Å². The molecule has 1 saturated heterocycles. The molecule has 1 fully saturated rings. The van der Waals surface area contributed by atoms with E-state index in [0.717, 1.165) is 16.4 Å². The van der Waals surface area contributed by atoms with Crippen molar-refractivity contribution in [3.8, 4) is 5.75 Å². The number of amides is 1. The summed E-state index contributed by atoms with van der Waals surface area (Å²) in [7, 11) is -2.60. The van der Waals surface area contributed by atoms with Crippen LogP contribution in [0.1, 0.15) is 30.3 Å². The molecule has 2 heterocycles. The number of aromatic nitrogens is 1. The number of benzene rings is 1. The van der Waals surface area contributed by atoms with Crippen molar-refractivity contribution in [1.82, 2.24) is 8.87 Å². The number of aryl methyl sites for hydroxylation is 1. The highest BCUT2D eigenvalue weighted by Crippen LogP contribution is 2.29. The first-order valence-corrected chi connectivity index (χ1v) is 11.4. The number of carbonyl (C=O) groups excluding carboxylic acids is 2. The molecule has 0 radical (unpaired) electrons. The van der Waals surface area contributed by atoms with Crippen molar-refractivity contribution in [2.45, 2.75) is 37.1 Å². The average molecular weight is 489 g/mol. The van der Waals surface area contributed by atoms with Gasteiger partial charge in [-0.2, -0.15) is 4.31 Å². The Hall–Kier alpha value is -3.06. The van der Waals surface area contributed by atoms with Crippen LogP contribution in [0.15, 0.2) is 41.4 Å². The molecule has 3 rings (SSSR count). The van der Waals surface area contributed by atoms with Crippen molar-refractivity contribution < 1.29 is 40.7 Å². The Morgan fingerprint density at radius 1 is 1.21 bits per heavy atom. The Labute approximate surface area is 188 Å². The Bertz CT molecular complexity index is 1130. The van der Waals surface area contributed by atoms with Gasteiger partial charge in [0.25, 0.3) is 0 Å². The molecule has 9 nitrogen and oxygen atoms in total. The van der Waals surface area contributed by atoms with Crippen LogP contribution in [0.25, 0.3) is 0 Å². The van der Waals surface area contributed by atoms with Crippen LogP contribution < -0.4 is 10.1 Å². The van der Waals surface area contributed by atoms with Crippen molar-refractivity contribution in [1.29, 1.82) is 0 Å². The van der Waals surface area contributed by atoms with E-state index in [1.165, 1.54) is 36.0 Å². The fraction of sp³-hybridized carbons (Fsp3) is 0.400. The highest BCUT2D eigenvalue weighted by molar-refractivity contribution is 7.89. The normalized spacial score (nSPS) is 17.1. The number of sulfonamides is 1. The van der Waals surface area contributed by atoms with Crippen LogP contribution in [0.2, 0.25) is 0 Å². The van der Waals surface area contributed by atoms with Crippen molar-refractivity contribution in [3.63, 3.8) is 0 Å². The third kappa shape index (κ3) is 5.66. The summed E-state index contributed by atoms with van der Waals surface area (Å²) in [4.78, 5) is 24.6. The topological polar surface area (TPSA) is 107 Å². The molecule has 1 amide bonds. The third-order valence-corrected chi connectivity index (χ3v) is 6.81. The fourth-order valence-corrected chi connectivity index (χ4v) is 5.20. The van der Waals surface area contributed by atoms with Gasteiger partial charge in [-0.3, -0.25) is 4.79 Å². The van der Waals surface area contributed by atoms with E-state index < -0.39 is 40.1 Å². The summed E-state index contributed by atoms with van der Waals surface area (Å²) in [5.41, 5.74) is 0.236. The van der Waals surface area contributed by atoms with Gasteiger partial charge in [-0.05, 0) is 50.1 Å². The lowest BCUT2D eigenvalue weighted by Crippen LogP contribution is -2.43. The first-order chi connectivity index (χ1) is 15.4. The van der Waals surface area contributed by atoms with Crippen molar-refractivity contribution >= 4 is 27.6 Å². The maximum atomic E-state index is 13.2. The average Bonchev–Trinajstić information content (AvgIpc) is 3.36. The van der Waals surface area contributed by atoms with Crippen molar-refractivity contribution in [3.05, 3.63) is 42.2 Å². The minimum Gasteiger partial charge on any atom is -0.461 e. The molecule has 1 aromatic heterocycles. The molecule has 0 spiro atoms. The molecular formula is C20H22F3N3O6S. The predicted molar refractivity (Wildman–Crippen MR) is 110 cm³/mol. The largest absolute Gasteiger partial charge is 0.573 e. The Kier molecular flexibility index (Phi) is 7.03. The van der Waals surface area contributed by atoms with Gasteiger partial charge in [0, 0.05) is 25.5 Å². The number of anilines is 1. The van der Waals surface area contributed by atoms with E-state index in [4.69, 9.17) is 4.74 Å². The number of rotatable bonds is 7. The van der Waals surface area contributed by atoms with Gasteiger partial charge in [-0.25, -0.2) is 13.2 Å². The van der Waals surface area contributed by atoms with Gasteiger partial charge in [0.1, 0.15) is 22.4 Å². The number of alkyl halides is 3. The van der Waals surface area contributed by atoms with Crippen LogP contribution in [-0.2, 0) is 26.6 Å². The molecule has 1 aliphatic rings. The first kappa shape index (κ1) is 24.6. The van der Waals surface area contributed by atoms with E-state index in [1.54, 1.807) is 6.92 Å². The Morgan fingerprint density at radius 3 is 2.48 bits per heavy atom. The van der Waals surface area contributed by atoms with Crippen LogP contribution in [0.4, 0.5) is 18.9 Å². The Morgan fingerprint density at radius 2 is 1.88 bits per heavy atom. The van der Waals surface area contributed by atoms with Gasteiger partial charge >= 0.3 is 12.3 Å². The summed E-state index contributed by atoms with van der Waals surface area (Å²) in [5.74, 6) is -1.75. The van der Waals surface area contributed by atoms with Gasteiger partial charge in [0.05, 0.1) is 6.61 Å². The minimum atomic E-state index is -4.84. The van der Waals surface area contributed by atoms with Gasteiger partial charge in [0.15, 0.2) is 0 Å². The van der Waals surface area contributed by atoms with E-state index in [1.807, 2.05) is 0 Å². The van der Waals surface area contributed by atoms with Crippen molar-refractivity contribution in [2.24, 2.45) is 7.05 Å². The number of hydrogen-bond acceptors (Lipinski definition) is 6. The SMILES string of the molecule is CCOC(=O)c1cc(S(=O)(=O)N2CCC[C@H]2C(=O)Nc2ccc(OC(F)(F)F)cc2)cn1C. The third-order valence-electron chi connectivity index (χ3n) is 4.93. The molecule has 0 aliphatic carbocycles. The van der Waals surface area contributed by atoms with Crippen LogP contribution >= 0.6 is 0 Å². The summed E-state index contributed by atoms with van der Waals surface area (Å²) in [6.45, 7) is 1.86. The molecule has 0 saturated carbocycles. The lowest BCUT2D eigenvalue weighted by atomic mass is 10.2. The molecule has 1 N–H and O–H groups in total. The molecule has 1 aromatic carbocycles. The summed E-state index contributed by atoms with van der Waals surface area (Å²) < 4.78 is 74.3. The summed E-state index contributed by atoms with van der Waals surface area (Å²) in [6, 6.07) is 4.68. The lowest BCUT2D eigenvalue weighted by Gasteiger charge is -2.23. The first-order valence-electron chi connectivity index (χ1n) is 9.94. The van der Waals surface area contributed by atoms with E-state index in [2.05, 4.69) is 10.1 Å².